The number of allylic oxidation sites excluding steroid dienone is 1. The maximum atomic E-state index is 12.8. The Morgan fingerprint density at radius 1 is 1.27 bits per heavy atom. The number of fused-ring (bicyclic) bond motifs is 1. The number of unbranched alkanes of at least 4 members (excludes halogenated alkanes) is 1. The highest BCUT2D eigenvalue weighted by molar-refractivity contribution is 7.17. The summed E-state index contributed by atoms with van der Waals surface area (Å²) in [5.41, 5.74) is 1.78. The highest BCUT2D eigenvalue weighted by Gasteiger charge is 2.30. The molecular weight excluding hydrogens is 400 g/mol. The number of rotatable bonds is 8. The van der Waals surface area contributed by atoms with E-state index in [2.05, 4.69) is 27.8 Å². The summed E-state index contributed by atoms with van der Waals surface area (Å²) in [6.45, 7) is 0.608. The number of pyridine rings is 1. The van der Waals surface area contributed by atoms with E-state index in [0.29, 0.717) is 25.1 Å². The third-order valence-corrected chi connectivity index (χ3v) is 5.95. The molecular formula is C23H24N2O4S. The van der Waals surface area contributed by atoms with Crippen LogP contribution in [0.4, 0.5) is 5.69 Å². The summed E-state index contributed by atoms with van der Waals surface area (Å²) in [6.07, 6.45) is 6.65. The number of aromatic nitrogens is 1. The van der Waals surface area contributed by atoms with Crippen LogP contribution in [0, 0.1) is 0 Å². The molecule has 6 nitrogen and oxygen atoms in total. The zero-order valence-corrected chi connectivity index (χ0v) is 17.3. The third-order valence-electron chi connectivity index (χ3n) is 4.97. The molecule has 3 heterocycles. The predicted octanol–water partition coefficient (Wildman–Crippen LogP) is 4.44. The molecule has 0 unspecified atom stereocenters. The zero-order valence-electron chi connectivity index (χ0n) is 16.5. The number of hydrogen-bond donors (Lipinski definition) is 2. The Hall–Kier alpha value is -2.74. The maximum absolute atomic E-state index is 12.8. The molecule has 156 valence electrons. The first kappa shape index (κ1) is 20.5. The van der Waals surface area contributed by atoms with Crippen LogP contribution < -0.4 is 5.32 Å². The first-order valence-corrected chi connectivity index (χ1v) is 10.9. The monoisotopic (exact) mass is 424 g/mol. The number of nitrogens with one attached hydrogen (secondary N) is 1. The number of aliphatic hydroxyl groups is 1. The van der Waals surface area contributed by atoms with Crippen molar-refractivity contribution in [1.82, 2.24) is 4.98 Å². The van der Waals surface area contributed by atoms with Crippen molar-refractivity contribution in [2.75, 3.05) is 18.5 Å². The Kier molecular flexibility index (Phi) is 6.74. The smallest absolute Gasteiger partial charge is 0.290 e. The largest absolute Gasteiger partial charge is 0.459 e. The topological polar surface area (TPSA) is 80.7 Å². The molecule has 0 saturated heterocycles. The first-order valence-electron chi connectivity index (χ1n) is 10.0. The fraction of sp³-hybridized carbons (Fsp3) is 0.304. The Balaban J connectivity index is 1.57. The van der Waals surface area contributed by atoms with Gasteiger partial charge >= 0.3 is 0 Å². The molecule has 0 bridgehead atoms. The predicted molar refractivity (Wildman–Crippen MR) is 117 cm³/mol. The second-order valence-corrected chi connectivity index (χ2v) is 8.02. The van der Waals surface area contributed by atoms with Crippen LogP contribution in [-0.4, -0.2) is 35.5 Å². The summed E-state index contributed by atoms with van der Waals surface area (Å²) < 4.78 is 13.0. The number of ether oxygens (including phenoxy) is 2. The Morgan fingerprint density at radius 3 is 3.00 bits per heavy atom. The number of aliphatic hydroxyl groups excluding tert-OH is 1. The molecule has 7 heteroatoms. The van der Waals surface area contributed by atoms with Crippen LogP contribution in [0.1, 0.15) is 30.7 Å². The number of nitrogens with zero attached hydrogens (tertiary/aromatic N) is 1. The van der Waals surface area contributed by atoms with Crippen LogP contribution >= 0.6 is 11.3 Å². The van der Waals surface area contributed by atoms with E-state index in [1.807, 2.05) is 18.2 Å². The molecule has 1 amide bonds. The van der Waals surface area contributed by atoms with Crippen LogP contribution in [0.25, 0.3) is 10.1 Å². The molecule has 30 heavy (non-hydrogen) atoms. The lowest BCUT2D eigenvalue weighted by Gasteiger charge is -2.29. The fourth-order valence-electron chi connectivity index (χ4n) is 3.48. The van der Waals surface area contributed by atoms with Gasteiger partial charge in [-0.3, -0.25) is 9.78 Å². The first-order chi connectivity index (χ1) is 14.7. The summed E-state index contributed by atoms with van der Waals surface area (Å²) in [4.78, 5) is 16.9. The van der Waals surface area contributed by atoms with Gasteiger partial charge in [-0.15, -0.1) is 11.3 Å². The number of hydrogen-bond acceptors (Lipinski definition) is 6. The number of carbonyl (C=O) groups is 1. The van der Waals surface area contributed by atoms with Gasteiger partial charge in [0.1, 0.15) is 0 Å². The molecule has 2 aromatic heterocycles. The molecule has 1 aliphatic rings. The van der Waals surface area contributed by atoms with Crippen molar-refractivity contribution in [3.05, 3.63) is 71.6 Å². The maximum Gasteiger partial charge on any atom is 0.290 e. The van der Waals surface area contributed by atoms with Gasteiger partial charge < -0.3 is 19.9 Å². The van der Waals surface area contributed by atoms with Crippen LogP contribution in [0.2, 0.25) is 0 Å². The van der Waals surface area contributed by atoms with Gasteiger partial charge in [0.05, 0.1) is 18.5 Å². The summed E-state index contributed by atoms with van der Waals surface area (Å²) in [5.74, 6) is -0.0684. The van der Waals surface area contributed by atoms with Crippen molar-refractivity contribution in [2.24, 2.45) is 0 Å². The lowest BCUT2D eigenvalue weighted by molar-refractivity contribution is -0.143. The van der Waals surface area contributed by atoms with Gasteiger partial charge in [-0.1, -0.05) is 18.2 Å². The second kappa shape index (κ2) is 9.84. The normalized spacial score (nSPS) is 18.6. The van der Waals surface area contributed by atoms with E-state index in [1.165, 1.54) is 15.6 Å². The molecule has 0 spiro atoms. The molecule has 1 aromatic carbocycles. The van der Waals surface area contributed by atoms with E-state index in [9.17, 15) is 4.79 Å². The lowest BCUT2D eigenvalue weighted by Crippen LogP contribution is -2.29. The summed E-state index contributed by atoms with van der Waals surface area (Å²) in [6, 6.07) is 11.8. The number of benzene rings is 1. The molecule has 0 aliphatic carbocycles. The highest BCUT2D eigenvalue weighted by Crippen LogP contribution is 2.38. The molecule has 3 aromatic rings. The minimum absolute atomic E-state index is 0.00684. The van der Waals surface area contributed by atoms with Crippen molar-refractivity contribution in [2.45, 2.75) is 31.5 Å². The Bertz CT molecular complexity index is 1020. The van der Waals surface area contributed by atoms with Gasteiger partial charge in [-0.05, 0) is 53.4 Å². The van der Waals surface area contributed by atoms with E-state index >= 15 is 0 Å². The fourth-order valence-corrected chi connectivity index (χ4v) is 4.50. The molecule has 0 saturated carbocycles. The number of thiophene rings is 1. The van der Waals surface area contributed by atoms with Crippen LogP contribution in [0.15, 0.2) is 66.0 Å². The van der Waals surface area contributed by atoms with E-state index < -0.39 is 6.29 Å². The van der Waals surface area contributed by atoms with Gasteiger partial charge in [-0.25, -0.2) is 0 Å². The van der Waals surface area contributed by atoms with Crippen molar-refractivity contribution in [1.29, 1.82) is 0 Å². The quantitative estimate of drug-likeness (QED) is 0.523. The average molecular weight is 425 g/mol. The molecule has 4 rings (SSSR count). The van der Waals surface area contributed by atoms with Crippen LogP contribution in [-0.2, 0) is 14.3 Å². The molecule has 1 aliphatic heterocycles. The number of anilines is 1. The second-order valence-electron chi connectivity index (χ2n) is 7.11. The van der Waals surface area contributed by atoms with Gasteiger partial charge in [0.25, 0.3) is 5.91 Å². The molecule has 0 fully saturated rings. The average Bonchev–Trinajstić information content (AvgIpc) is 3.21. The van der Waals surface area contributed by atoms with E-state index in [4.69, 9.17) is 14.6 Å². The SMILES string of the molecule is O=C(Nc1cccnc1)C1=C[C@@H](c2csc3ccccc23)C[C@@H](OCCCCO)O1. The van der Waals surface area contributed by atoms with Crippen LogP contribution in [0.5, 0.6) is 0 Å². The number of amides is 1. The Labute approximate surface area is 179 Å². The highest BCUT2D eigenvalue weighted by atomic mass is 32.1. The van der Waals surface area contributed by atoms with Crippen molar-refractivity contribution in [3.8, 4) is 0 Å². The van der Waals surface area contributed by atoms with Crippen LogP contribution in [0.3, 0.4) is 0 Å². The molecule has 0 radical (unpaired) electrons. The summed E-state index contributed by atoms with van der Waals surface area (Å²) in [5, 5.41) is 15.1. The van der Waals surface area contributed by atoms with E-state index in [1.54, 1.807) is 35.9 Å². The standard InChI is InChI=1S/C23H24N2O4S/c26-10-3-4-11-28-22-13-16(19-15-30-21-8-2-1-7-18(19)21)12-20(29-22)23(27)25-17-6-5-9-24-14-17/h1-2,5-9,12,14-16,22,26H,3-4,10-11,13H2,(H,25,27)/t16-,22+/m1/s1. The van der Waals surface area contributed by atoms with Gasteiger partial charge in [0, 0.05) is 29.8 Å². The van der Waals surface area contributed by atoms with Crippen molar-refractivity contribution in [3.63, 3.8) is 0 Å². The van der Waals surface area contributed by atoms with Gasteiger partial charge in [-0.2, -0.15) is 0 Å². The minimum Gasteiger partial charge on any atom is -0.459 e. The molecule has 2 atom stereocenters. The summed E-state index contributed by atoms with van der Waals surface area (Å²) >= 11 is 1.70. The molecule has 2 N–H and O–H groups in total. The lowest BCUT2D eigenvalue weighted by atomic mass is 9.92. The summed E-state index contributed by atoms with van der Waals surface area (Å²) in [7, 11) is 0. The Morgan fingerprint density at radius 2 is 2.17 bits per heavy atom. The third kappa shape index (κ3) is 4.87. The minimum atomic E-state index is -0.521. The van der Waals surface area contributed by atoms with Gasteiger partial charge in [0.2, 0.25) is 6.29 Å². The van der Waals surface area contributed by atoms with Crippen molar-refractivity contribution < 1.29 is 19.4 Å². The number of carbonyl (C=O) groups excluding carboxylic acids is 1. The van der Waals surface area contributed by atoms with Gasteiger partial charge in [0.15, 0.2) is 5.76 Å². The zero-order chi connectivity index (χ0) is 20.8. The van der Waals surface area contributed by atoms with Crippen molar-refractivity contribution >= 4 is 33.0 Å². The van der Waals surface area contributed by atoms with E-state index in [-0.39, 0.29) is 24.2 Å². The van der Waals surface area contributed by atoms with E-state index in [0.717, 1.165) is 6.42 Å².